The molecule has 0 bridgehead atoms. The van der Waals surface area contributed by atoms with Crippen LogP contribution in [0.3, 0.4) is 0 Å². The van der Waals surface area contributed by atoms with E-state index in [-0.39, 0.29) is 17.9 Å². The van der Waals surface area contributed by atoms with E-state index < -0.39 is 0 Å². The van der Waals surface area contributed by atoms with E-state index in [1.165, 1.54) is 0 Å². The number of hydrogen-bond acceptors (Lipinski definition) is 2. The van der Waals surface area contributed by atoms with Gasteiger partial charge in [-0.25, -0.2) is 0 Å². The molecule has 138 valence electrons. The maximum atomic E-state index is 12.7. The van der Waals surface area contributed by atoms with Gasteiger partial charge in [-0.15, -0.1) is 0 Å². The standard InChI is InChI=1S/C22H28N2O2/c1-4-18(3)24(16-19-10-6-5-7-11-19)21(25)13-14-23-22(26)20-12-8-9-17(2)15-20/h5-12,15,18H,4,13-14,16H2,1-3H3,(H,23,26). The summed E-state index contributed by atoms with van der Waals surface area (Å²) in [5.41, 5.74) is 2.78. The fraction of sp³-hybridized carbons (Fsp3) is 0.364. The Labute approximate surface area is 156 Å². The van der Waals surface area contributed by atoms with Gasteiger partial charge in [0.2, 0.25) is 5.91 Å². The van der Waals surface area contributed by atoms with Crippen molar-refractivity contribution < 1.29 is 9.59 Å². The first kappa shape index (κ1) is 19.7. The van der Waals surface area contributed by atoms with Gasteiger partial charge >= 0.3 is 0 Å². The van der Waals surface area contributed by atoms with E-state index in [0.29, 0.717) is 25.1 Å². The van der Waals surface area contributed by atoms with Crippen LogP contribution < -0.4 is 5.32 Å². The lowest BCUT2D eigenvalue weighted by molar-refractivity contribution is -0.133. The van der Waals surface area contributed by atoms with Crippen molar-refractivity contribution in [2.24, 2.45) is 0 Å². The van der Waals surface area contributed by atoms with Gasteiger partial charge in [0.25, 0.3) is 5.91 Å². The lowest BCUT2D eigenvalue weighted by atomic mass is 10.1. The Kier molecular flexibility index (Phi) is 7.39. The molecule has 0 aliphatic carbocycles. The third-order valence-electron chi connectivity index (χ3n) is 4.54. The predicted molar refractivity (Wildman–Crippen MR) is 105 cm³/mol. The number of nitrogens with one attached hydrogen (secondary N) is 1. The Bertz CT molecular complexity index is 728. The molecule has 0 aliphatic rings. The van der Waals surface area contributed by atoms with Crippen molar-refractivity contribution in [3.05, 3.63) is 71.3 Å². The summed E-state index contributed by atoms with van der Waals surface area (Å²) in [5.74, 6) is -0.0765. The number of amides is 2. The minimum atomic E-state index is -0.139. The average molecular weight is 352 g/mol. The Morgan fingerprint density at radius 3 is 2.46 bits per heavy atom. The van der Waals surface area contributed by atoms with Crippen molar-refractivity contribution >= 4 is 11.8 Å². The minimum Gasteiger partial charge on any atom is -0.352 e. The van der Waals surface area contributed by atoms with Gasteiger partial charge < -0.3 is 10.2 Å². The van der Waals surface area contributed by atoms with E-state index in [1.54, 1.807) is 6.07 Å². The lowest BCUT2D eigenvalue weighted by Crippen LogP contribution is -2.39. The highest BCUT2D eigenvalue weighted by Gasteiger charge is 2.19. The molecule has 2 amide bonds. The van der Waals surface area contributed by atoms with Crippen molar-refractivity contribution in [3.8, 4) is 0 Å². The molecule has 0 radical (unpaired) electrons. The molecule has 1 N–H and O–H groups in total. The van der Waals surface area contributed by atoms with Crippen molar-refractivity contribution in [1.29, 1.82) is 0 Å². The van der Waals surface area contributed by atoms with Crippen molar-refractivity contribution in [2.75, 3.05) is 6.54 Å². The summed E-state index contributed by atoms with van der Waals surface area (Å²) in [6.07, 6.45) is 1.20. The van der Waals surface area contributed by atoms with E-state index in [0.717, 1.165) is 17.5 Å². The van der Waals surface area contributed by atoms with Crippen LogP contribution in [-0.2, 0) is 11.3 Å². The summed E-state index contributed by atoms with van der Waals surface area (Å²) in [5, 5.41) is 2.85. The van der Waals surface area contributed by atoms with E-state index in [2.05, 4.69) is 19.2 Å². The van der Waals surface area contributed by atoms with Crippen LogP contribution in [0.15, 0.2) is 54.6 Å². The van der Waals surface area contributed by atoms with Crippen LogP contribution >= 0.6 is 0 Å². The van der Waals surface area contributed by atoms with E-state index in [4.69, 9.17) is 0 Å². The minimum absolute atomic E-state index is 0.0627. The van der Waals surface area contributed by atoms with Crippen LogP contribution in [0.4, 0.5) is 0 Å². The number of benzene rings is 2. The van der Waals surface area contributed by atoms with Crippen molar-refractivity contribution in [3.63, 3.8) is 0 Å². The summed E-state index contributed by atoms with van der Waals surface area (Å²) in [7, 11) is 0. The quantitative estimate of drug-likeness (QED) is 0.782. The Morgan fingerprint density at radius 1 is 1.08 bits per heavy atom. The fourth-order valence-corrected chi connectivity index (χ4v) is 2.81. The molecular formula is C22H28N2O2. The molecule has 0 aromatic heterocycles. The monoisotopic (exact) mass is 352 g/mol. The van der Waals surface area contributed by atoms with Gasteiger partial charge in [0.05, 0.1) is 0 Å². The molecule has 1 unspecified atom stereocenters. The van der Waals surface area contributed by atoms with Crippen LogP contribution in [0.25, 0.3) is 0 Å². The molecule has 2 aromatic rings. The molecule has 0 fully saturated rings. The Morgan fingerprint density at radius 2 is 1.81 bits per heavy atom. The summed E-state index contributed by atoms with van der Waals surface area (Å²) in [6, 6.07) is 17.6. The zero-order valence-electron chi connectivity index (χ0n) is 15.9. The van der Waals surface area contributed by atoms with Gasteiger partial charge in [-0.3, -0.25) is 9.59 Å². The molecular weight excluding hydrogens is 324 g/mol. The van der Waals surface area contributed by atoms with Gasteiger partial charge in [-0.2, -0.15) is 0 Å². The smallest absolute Gasteiger partial charge is 0.251 e. The molecule has 26 heavy (non-hydrogen) atoms. The predicted octanol–water partition coefficient (Wildman–Crippen LogP) is 3.94. The van der Waals surface area contributed by atoms with Gasteiger partial charge in [0.1, 0.15) is 0 Å². The zero-order valence-corrected chi connectivity index (χ0v) is 15.9. The normalized spacial score (nSPS) is 11.7. The topological polar surface area (TPSA) is 49.4 Å². The summed E-state index contributed by atoms with van der Waals surface area (Å²) >= 11 is 0. The molecule has 1 atom stereocenters. The van der Waals surface area contributed by atoms with Crippen molar-refractivity contribution in [1.82, 2.24) is 10.2 Å². The average Bonchev–Trinajstić information content (AvgIpc) is 2.66. The van der Waals surface area contributed by atoms with Crippen LogP contribution in [0.2, 0.25) is 0 Å². The van der Waals surface area contributed by atoms with Gasteiger partial charge in [-0.05, 0) is 38.0 Å². The number of rotatable bonds is 8. The van der Waals surface area contributed by atoms with E-state index in [1.807, 2.05) is 60.4 Å². The Hall–Kier alpha value is -2.62. The lowest BCUT2D eigenvalue weighted by Gasteiger charge is -2.29. The van der Waals surface area contributed by atoms with Gasteiger partial charge in [0, 0.05) is 31.1 Å². The molecule has 2 aromatic carbocycles. The largest absolute Gasteiger partial charge is 0.352 e. The van der Waals surface area contributed by atoms with Crippen LogP contribution in [0.1, 0.15) is 48.2 Å². The molecule has 0 spiro atoms. The molecule has 4 heteroatoms. The zero-order chi connectivity index (χ0) is 18.9. The highest BCUT2D eigenvalue weighted by molar-refractivity contribution is 5.94. The molecule has 0 heterocycles. The SMILES string of the molecule is CCC(C)N(Cc1ccccc1)C(=O)CCNC(=O)c1cccc(C)c1. The third kappa shape index (κ3) is 5.73. The summed E-state index contributed by atoms with van der Waals surface area (Å²) in [6.45, 7) is 7.03. The summed E-state index contributed by atoms with van der Waals surface area (Å²) < 4.78 is 0. The Balaban J connectivity index is 1.91. The summed E-state index contributed by atoms with van der Waals surface area (Å²) in [4.78, 5) is 26.8. The highest BCUT2D eigenvalue weighted by atomic mass is 16.2. The second kappa shape index (κ2) is 9.76. The number of carbonyl (C=O) groups is 2. The van der Waals surface area contributed by atoms with Crippen molar-refractivity contribution in [2.45, 2.75) is 46.2 Å². The first-order chi connectivity index (χ1) is 12.5. The van der Waals surface area contributed by atoms with E-state index in [9.17, 15) is 9.59 Å². The second-order valence-corrected chi connectivity index (χ2v) is 6.64. The van der Waals surface area contributed by atoms with Crippen LogP contribution in [0, 0.1) is 6.92 Å². The van der Waals surface area contributed by atoms with Gasteiger partial charge in [0.15, 0.2) is 0 Å². The first-order valence-corrected chi connectivity index (χ1v) is 9.19. The fourth-order valence-electron chi connectivity index (χ4n) is 2.81. The second-order valence-electron chi connectivity index (χ2n) is 6.64. The van der Waals surface area contributed by atoms with Crippen LogP contribution in [0.5, 0.6) is 0 Å². The highest BCUT2D eigenvalue weighted by Crippen LogP contribution is 2.12. The third-order valence-corrected chi connectivity index (χ3v) is 4.54. The molecule has 0 saturated heterocycles. The number of nitrogens with zero attached hydrogens (tertiary/aromatic N) is 1. The number of carbonyl (C=O) groups excluding carboxylic acids is 2. The maximum absolute atomic E-state index is 12.7. The van der Waals surface area contributed by atoms with Crippen LogP contribution in [-0.4, -0.2) is 29.3 Å². The molecule has 0 aliphatic heterocycles. The van der Waals surface area contributed by atoms with Gasteiger partial charge in [-0.1, -0.05) is 55.0 Å². The van der Waals surface area contributed by atoms with E-state index >= 15 is 0 Å². The first-order valence-electron chi connectivity index (χ1n) is 9.19. The molecule has 2 rings (SSSR count). The number of aryl methyl sites for hydroxylation is 1. The maximum Gasteiger partial charge on any atom is 0.251 e. The molecule has 0 saturated carbocycles. The molecule has 4 nitrogen and oxygen atoms in total. The number of hydrogen-bond donors (Lipinski definition) is 1.